The Hall–Kier alpha value is -1.91. The highest BCUT2D eigenvalue weighted by molar-refractivity contribution is 7.10. The highest BCUT2D eigenvalue weighted by Crippen LogP contribution is 2.29. The van der Waals surface area contributed by atoms with Crippen molar-refractivity contribution in [1.82, 2.24) is 9.78 Å². The zero-order chi connectivity index (χ0) is 12.4. The van der Waals surface area contributed by atoms with Crippen LogP contribution in [-0.4, -0.2) is 9.78 Å². The summed E-state index contributed by atoms with van der Waals surface area (Å²) in [5.41, 5.74) is 9.09. The van der Waals surface area contributed by atoms with Gasteiger partial charge in [-0.3, -0.25) is 0 Å². The molecule has 2 heterocycles. The van der Waals surface area contributed by atoms with Crippen LogP contribution in [0.5, 0.6) is 0 Å². The maximum absolute atomic E-state index is 5.77. The molecule has 0 aliphatic heterocycles. The van der Waals surface area contributed by atoms with Crippen LogP contribution in [0.2, 0.25) is 0 Å². The van der Waals surface area contributed by atoms with Crippen LogP contribution in [0.15, 0.2) is 54.0 Å². The van der Waals surface area contributed by atoms with E-state index in [4.69, 9.17) is 5.73 Å². The smallest absolute Gasteiger partial charge is 0.0752 e. The third-order valence-electron chi connectivity index (χ3n) is 2.85. The molecule has 2 aromatic heterocycles. The van der Waals surface area contributed by atoms with Gasteiger partial charge in [0.05, 0.1) is 17.6 Å². The Morgan fingerprint density at radius 2 is 1.94 bits per heavy atom. The molecule has 1 aromatic carbocycles. The normalized spacial score (nSPS) is 10.7. The molecule has 0 atom stereocenters. The number of nitrogens with zero attached hydrogens (tertiary/aromatic N) is 2. The summed E-state index contributed by atoms with van der Waals surface area (Å²) < 4.78 is 1.95. The number of thiophene rings is 1. The predicted molar refractivity (Wildman–Crippen MR) is 74.8 cm³/mol. The van der Waals surface area contributed by atoms with Gasteiger partial charge in [0.15, 0.2) is 0 Å². The zero-order valence-electron chi connectivity index (χ0n) is 9.78. The number of para-hydroxylation sites is 1. The highest BCUT2D eigenvalue weighted by Gasteiger charge is 2.11. The van der Waals surface area contributed by atoms with Gasteiger partial charge in [-0.25, -0.2) is 4.68 Å². The monoisotopic (exact) mass is 255 g/mol. The van der Waals surface area contributed by atoms with Crippen molar-refractivity contribution in [3.05, 3.63) is 58.9 Å². The average molecular weight is 255 g/mol. The molecule has 3 rings (SSSR count). The topological polar surface area (TPSA) is 43.8 Å². The molecule has 0 aliphatic carbocycles. The minimum absolute atomic E-state index is 0.562. The minimum atomic E-state index is 0.562. The Bertz CT molecular complexity index is 640. The van der Waals surface area contributed by atoms with Crippen molar-refractivity contribution in [2.24, 2.45) is 5.73 Å². The predicted octanol–water partition coefficient (Wildman–Crippen LogP) is 3.06. The second-order valence-corrected chi connectivity index (χ2v) is 4.93. The maximum atomic E-state index is 5.77. The number of rotatable bonds is 3. The highest BCUT2D eigenvalue weighted by atomic mass is 32.1. The molecule has 0 spiro atoms. The third kappa shape index (κ3) is 1.85. The molecular weight excluding hydrogens is 242 g/mol. The molecular formula is C14H13N3S. The molecule has 0 saturated carbocycles. The number of hydrogen-bond acceptors (Lipinski definition) is 3. The van der Waals surface area contributed by atoms with Crippen LogP contribution in [0.25, 0.3) is 16.9 Å². The van der Waals surface area contributed by atoms with Crippen LogP contribution in [0.4, 0.5) is 0 Å². The van der Waals surface area contributed by atoms with Gasteiger partial charge in [0.1, 0.15) is 0 Å². The summed E-state index contributed by atoms with van der Waals surface area (Å²) in [5, 5.41) is 6.47. The molecule has 0 saturated heterocycles. The van der Waals surface area contributed by atoms with E-state index in [1.165, 1.54) is 10.4 Å². The number of hydrogen-bond donors (Lipinski definition) is 1. The fraction of sp³-hybridized carbons (Fsp3) is 0.0714. The summed E-state index contributed by atoms with van der Waals surface area (Å²) in [5.74, 6) is 0. The van der Waals surface area contributed by atoms with Gasteiger partial charge in [-0.05, 0) is 29.6 Å². The van der Waals surface area contributed by atoms with Crippen molar-refractivity contribution < 1.29 is 0 Å². The first-order chi connectivity index (χ1) is 8.90. The second-order valence-electron chi connectivity index (χ2n) is 3.93. The van der Waals surface area contributed by atoms with E-state index in [9.17, 15) is 0 Å². The van der Waals surface area contributed by atoms with Crippen molar-refractivity contribution >= 4 is 11.3 Å². The molecule has 0 radical (unpaired) electrons. The van der Waals surface area contributed by atoms with Gasteiger partial charge in [-0.2, -0.15) is 5.10 Å². The maximum Gasteiger partial charge on any atom is 0.0752 e. The van der Waals surface area contributed by atoms with E-state index in [1.807, 2.05) is 47.3 Å². The fourth-order valence-electron chi connectivity index (χ4n) is 2.01. The van der Waals surface area contributed by atoms with Gasteiger partial charge in [0, 0.05) is 17.0 Å². The summed E-state index contributed by atoms with van der Waals surface area (Å²) in [7, 11) is 0. The fourth-order valence-corrected chi connectivity index (χ4v) is 2.77. The van der Waals surface area contributed by atoms with E-state index in [-0.39, 0.29) is 0 Å². The van der Waals surface area contributed by atoms with Gasteiger partial charge in [-0.15, -0.1) is 11.3 Å². The van der Waals surface area contributed by atoms with Gasteiger partial charge in [-0.1, -0.05) is 18.2 Å². The van der Waals surface area contributed by atoms with Gasteiger partial charge < -0.3 is 5.73 Å². The molecule has 3 aromatic rings. The number of nitrogens with two attached hydrogens (primary N) is 1. The van der Waals surface area contributed by atoms with E-state index in [1.54, 1.807) is 11.3 Å². The Labute approximate surface area is 109 Å². The Morgan fingerprint density at radius 3 is 2.72 bits per heavy atom. The van der Waals surface area contributed by atoms with Gasteiger partial charge in [0.25, 0.3) is 0 Å². The lowest BCUT2D eigenvalue weighted by Crippen LogP contribution is -2.00. The number of aromatic nitrogens is 2. The lowest BCUT2D eigenvalue weighted by Gasteiger charge is -2.07. The van der Waals surface area contributed by atoms with E-state index in [2.05, 4.69) is 16.5 Å². The van der Waals surface area contributed by atoms with E-state index in [0.717, 1.165) is 11.4 Å². The molecule has 4 heteroatoms. The first-order valence-electron chi connectivity index (χ1n) is 5.76. The Kier molecular flexibility index (Phi) is 2.96. The summed E-state index contributed by atoms with van der Waals surface area (Å²) in [6, 6.07) is 14.2. The summed E-state index contributed by atoms with van der Waals surface area (Å²) in [4.78, 5) is 1.19. The molecule has 90 valence electrons. The lowest BCUT2D eigenvalue weighted by molar-refractivity contribution is 0.886. The molecule has 0 amide bonds. The third-order valence-corrected chi connectivity index (χ3v) is 3.79. The van der Waals surface area contributed by atoms with Crippen LogP contribution in [-0.2, 0) is 6.54 Å². The minimum Gasteiger partial charge on any atom is -0.326 e. The van der Waals surface area contributed by atoms with E-state index >= 15 is 0 Å². The largest absolute Gasteiger partial charge is 0.326 e. The van der Waals surface area contributed by atoms with Crippen molar-refractivity contribution in [3.8, 4) is 16.9 Å². The van der Waals surface area contributed by atoms with Crippen LogP contribution in [0, 0.1) is 0 Å². The lowest BCUT2D eigenvalue weighted by atomic mass is 10.2. The molecule has 0 bridgehead atoms. The van der Waals surface area contributed by atoms with Crippen LogP contribution < -0.4 is 5.73 Å². The van der Waals surface area contributed by atoms with Gasteiger partial charge in [0.2, 0.25) is 0 Å². The standard InChI is InChI=1S/C14H13N3S/c15-10-14-12(7-9-18-14)13-6-8-16-17(13)11-4-2-1-3-5-11/h1-9H,10,15H2. The first kappa shape index (κ1) is 11.2. The summed E-state index contributed by atoms with van der Waals surface area (Å²) >= 11 is 1.69. The van der Waals surface area contributed by atoms with Gasteiger partial charge >= 0.3 is 0 Å². The summed E-state index contributed by atoms with van der Waals surface area (Å²) in [6.45, 7) is 0.562. The first-order valence-corrected chi connectivity index (χ1v) is 6.64. The molecule has 0 fully saturated rings. The van der Waals surface area contributed by atoms with E-state index in [0.29, 0.717) is 6.54 Å². The van der Waals surface area contributed by atoms with Crippen LogP contribution >= 0.6 is 11.3 Å². The SMILES string of the molecule is NCc1sccc1-c1ccnn1-c1ccccc1. The molecule has 0 aliphatic rings. The quantitative estimate of drug-likeness (QED) is 0.781. The Morgan fingerprint density at radius 1 is 1.11 bits per heavy atom. The summed E-state index contributed by atoms with van der Waals surface area (Å²) in [6.07, 6.45) is 1.82. The van der Waals surface area contributed by atoms with Crippen LogP contribution in [0.3, 0.4) is 0 Å². The van der Waals surface area contributed by atoms with E-state index < -0.39 is 0 Å². The zero-order valence-corrected chi connectivity index (χ0v) is 10.6. The molecule has 2 N–H and O–H groups in total. The van der Waals surface area contributed by atoms with Crippen molar-refractivity contribution in [2.75, 3.05) is 0 Å². The molecule has 0 unspecified atom stereocenters. The average Bonchev–Trinajstić information content (AvgIpc) is 3.07. The van der Waals surface area contributed by atoms with Crippen molar-refractivity contribution in [2.45, 2.75) is 6.54 Å². The van der Waals surface area contributed by atoms with Crippen LogP contribution in [0.1, 0.15) is 4.88 Å². The van der Waals surface area contributed by atoms with Crippen molar-refractivity contribution in [3.63, 3.8) is 0 Å². The Balaban J connectivity index is 2.13. The van der Waals surface area contributed by atoms with Crippen molar-refractivity contribution in [1.29, 1.82) is 0 Å². The molecule has 18 heavy (non-hydrogen) atoms. The number of benzene rings is 1. The molecule has 3 nitrogen and oxygen atoms in total. The second kappa shape index (κ2) is 4.76.